The summed E-state index contributed by atoms with van der Waals surface area (Å²) in [7, 11) is 0. The van der Waals surface area contributed by atoms with Gasteiger partial charge in [0.1, 0.15) is 5.69 Å². The molecule has 0 aliphatic rings. The summed E-state index contributed by atoms with van der Waals surface area (Å²) in [6, 6.07) is 5.29. The number of nitrogens with zero attached hydrogens (tertiary/aromatic N) is 6. The molecule has 0 saturated heterocycles. The summed E-state index contributed by atoms with van der Waals surface area (Å²) in [6.45, 7) is 1.05. The predicted octanol–water partition coefficient (Wildman–Crippen LogP) is 0.935. The van der Waals surface area contributed by atoms with Crippen LogP contribution in [0.25, 0.3) is 11.3 Å². The van der Waals surface area contributed by atoms with Crippen molar-refractivity contribution in [3.8, 4) is 11.3 Å². The standard InChI is InChI=1S/C13H12N6O2/c20-13(21)11-12(10-2-5-14-6-3-10)19(17-16-11)9-8-18-7-1-4-15-18/h1-7H,8-9H2,(H,20,21). The molecule has 8 nitrogen and oxygen atoms in total. The van der Waals surface area contributed by atoms with Gasteiger partial charge in [0.15, 0.2) is 5.69 Å². The van der Waals surface area contributed by atoms with Gasteiger partial charge in [-0.25, -0.2) is 9.48 Å². The van der Waals surface area contributed by atoms with Crippen molar-refractivity contribution in [1.82, 2.24) is 29.8 Å². The normalized spacial score (nSPS) is 10.7. The number of carboxylic acid groups (broad SMARTS) is 1. The Labute approximate surface area is 119 Å². The van der Waals surface area contributed by atoms with E-state index in [2.05, 4.69) is 20.4 Å². The Morgan fingerprint density at radius 3 is 2.67 bits per heavy atom. The van der Waals surface area contributed by atoms with E-state index in [1.807, 2.05) is 12.3 Å². The van der Waals surface area contributed by atoms with Crippen molar-refractivity contribution < 1.29 is 9.90 Å². The predicted molar refractivity (Wildman–Crippen MR) is 72.4 cm³/mol. The maximum Gasteiger partial charge on any atom is 0.358 e. The Balaban J connectivity index is 1.95. The smallest absolute Gasteiger partial charge is 0.358 e. The van der Waals surface area contributed by atoms with E-state index in [0.29, 0.717) is 24.3 Å². The third-order valence-electron chi connectivity index (χ3n) is 2.99. The van der Waals surface area contributed by atoms with Crippen molar-refractivity contribution in [1.29, 1.82) is 0 Å². The number of carbonyl (C=O) groups is 1. The van der Waals surface area contributed by atoms with Crippen molar-refractivity contribution in [3.63, 3.8) is 0 Å². The third-order valence-corrected chi connectivity index (χ3v) is 2.99. The van der Waals surface area contributed by atoms with Crippen LogP contribution in [0.3, 0.4) is 0 Å². The first-order chi connectivity index (χ1) is 10.3. The van der Waals surface area contributed by atoms with Gasteiger partial charge < -0.3 is 5.11 Å². The number of aromatic carboxylic acids is 1. The highest BCUT2D eigenvalue weighted by molar-refractivity contribution is 5.92. The molecule has 3 rings (SSSR count). The van der Waals surface area contributed by atoms with Crippen LogP contribution >= 0.6 is 0 Å². The van der Waals surface area contributed by atoms with E-state index in [1.54, 1.807) is 40.1 Å². The zero-order chi connectivity index (χ0) is 14.7. The summed E-state index contributed by atoms with van der Waals surface area (Å²) < 4.78 is 3.32. The molecular formula is C13H12N6O2. The molecule has 0 bridgehead atoms. The van der Waals surface area contributed by atoms with Crippen LogP contribution in [0.5, 0.6) is 0 Å². The number of rotatable bonds is 5. The molecule has 1 N–H and O–H groups in total. The van der Waals surface area contributed by atoms with Crippen molar-refractivity contribution in [2.45, 2.75) is 13.1 Å². The molecule has 106 valence electrons. The summed E-state index contributed by atoms with van der Waals surface area (Å²) in [6.07, 6.45) is 6.73. The van der Waals surface area contributed by atoms with Crippen LogP contribution in [-0.2, 0) is 13.1 Å². The lowest BCUT2D eigenvalue weighted by Crippen LogP contribution is -2.11. The van der Waals surface area contributed by atoms with Gasteiger partial charge in [-0.05, 0) is 18.2 Å². The average Bonchev–Trinajstić information content (AvgIpc) is 3.15. The van der Waals surface area contributed by atoms with Crippen LogP contribution in [0.2, 0.25) is 0 Å². The summed E-state index contributed by atoms with van der Waals surface area (Å²) >= 11 is 0. The molecule has 3 aromatic heterocycles. The Morgan fingerprint density at radius 2 is 2.00 bits per heavy atom. The van der Waals surface area contributed by atoms with Gasteiger partial charge in [-0.1, -0.05) is 5.21 Å². The van der Waals surface area contributed by atoms with Crippen molar-refractivity contribution in [2.75, 3.05) is 0 Å². The molecule has 0 atom stereocenters. The van der Waals surface area contributed by atoms with Crippen LogP contribution in [0.4, 0.5) is 0 Å². The second kappa shape index (κ2) is 5.53. The Kier molecular flexibility index (Phi) is 3.42. The first-order valence-electron chi connectivity index (χ1n) is 6.30. The number of pyridine rings is 1. The lowest BCUT2D eigenvalue weighted by molar-refractivity contribution is 0.0691. The number of aromatic nitrogens is 6. The summed E-state index contributed by atoms with van der Waals surface area (Å²) in [4.78, 5) is 15.2. The highest BCUT2D eigenvalue weighted by Crippen LogP contribution is 2.21. The van der Waals surface area contributed by atoms with E-state index < -0.39 is 5.97 Å². The van der Waals surface area contributed by atoms with Crippen molar-refractivity contribution in [3.05, 3.63) is 48.7 Å². The van der Waals surface area contributed by atoms with Gasteiger partial charge in [-0.2, -0.15) is 5.10 Å². The van der Waals surface area contributed by atoms with E-state index >= 15 is 0 Å². The molecule has 3 aromatic rings. The summed E-state index contributed by atoms with van der Waals surface area (Å²) in [5.74, 6) is -1.10. The number of aryl methyl sites for hydroxylation is 2. The molecular weight excluding hydrogens is 272 g/mol. The van der Waals surface area contributed by atoms with Gasteiger partial charge in [0, 0.05) is 30.4 Å². The fraction of sp³-hybridized carbons (Fsp3) is 0.154. The lowest BCUT2D eigenvalue weighted by atomic mass is 10.1. The van der Waals surface area contributed by atoms with E-state index in [4.69, 9.17) is 0 Å². The number of hydrogen-bond acceptors (Lipinski definition) is 5. The molecule has 21 heavy (non-hydrogen) atoms. The zero-order valence-electron chi connectivity index (χ0n) is 11.0. The number of carboxylic acids is 1. The van der Waals surface area contributed by atoms with Crippen LogP contribution in [0.1, 0.15) is 10.5 Å². The van der Waals surface area contributed by atoms with E-state index in [0.717, 1.165) is 0 Å². The first kappa shape index (κ1) is 13.0. The first-order valence-corrected chi connectivity index (χ1v) is 6.30. The van der Waals surface area contributed by atoms with Gasteiger partial charge >= 0.3 is 5.97 Å². The summed E-state index contributed by atoms with van der Waals surface area (Å²) in [5.41, 5.74) is 1.12. The number of hydrogen-bond donors (Lipinski definition) is 1. The monoisotopic (exact) mass is 284 g/mol. The quantitative estimate of drug-likeness (QED) is 0.748. The van der Waals surface area contributed by atoms with Gasteiger partial charge in [0.05, 0.1) is 13.1 Å². The van der Waals surface area contributed by atoms with Crippen molar-refractivity contribution in [2.24, 2.45) is 0 Å². The van der Waals surface area contributed by atoms with E-state index in [9.17, 15) is 9.90 Å². The van der Waals surface area contributed by atoms with Gasteiger partial charge in [-0.3, -0.25) is 9.67 Å². The fourth-order valence-electron chi connectivity index (χ4n) is 2.04. The highest BCUT2D eigenvalue weighted by atomic mass is 16.4. The third kappa shape index (κ3) is 2.64. The molecule has 8 heteroatoms. The largest absolute Gasteiger partial charge is 0.476 e. The Hall–Kier alpha value is -3.03. The molecule has 3 heterocycles. The Morgan fingerprint density at radius 1 is 1.19 bits per heavy atom. The topological polar surface area (TPSA) is 98.7 Å². The Bertz CT molecular complexity index is 735. The molecule has 0 spiro atoms. The second-order valence-corrected chi connectivity index (χ2v) is 4.32. The van der Waals surface area contributed by atoms with Gasteiger partial charge in [0.25, 0.3) is 0 Å². The molecule has 0 saturated carbocycles. The van der Waals surface area contributed by atoms with Gasteiger partial charge in [-0.15, -0.1) is 5.10 Å². The zero-order valence-corrected chi connectivity index (χ0v) is 11.0. The minimum Gasteiger partial charge on any atom is -0.476 e. The molecule has 0 aliphatic carbocycles. The second-order valence-electron chi connectivity index (χ2n) is 4.32. The van der Waals surface area contributed by atoms with Crippen LogP contribution in [-0.4, -0.2) is 40.8 Å². The summed E-state index contributed by atoms with van der Waals surface area (Å²) in [5, 5.41) is 21.0. The maximum atomic E-state index is 11.3. The van der Waals surface area contributed by atoms with Crippen LogP contribution < -0.4 is 0 Å². The minimum atomic E-state index is -1.10. The molecule has 0 aromatic carbocycles. The van der Waals surface area contributed by atoms with Crippen LogP contribution in [0.15, 0.2) is 43.0 Å². The minimum absolute atomic E-state index is 0.0679. The maximum absolute atomic E-state index is 11.3. The molecule has 0 unspecified atom stereocenters. The van der Waals surface area contributed by atoms with E-state index in [-0.39, 0.29) is 5.69 Å². The average molecular weight is 284 g/mol. The highest BCUT2D eigenvalue weighted by Gasteiger charge is 2.20. The SMILES string of the molecule is O=C(O)c1nnn(CCn2cccn2)c1-c1ccncc1. The lowest BCUT2D eigenvalue weighted by Gasteiger charge is -2.07. The van der Waals surface area contributed by atoms with Crippen LogP contribution in [0, 0.1) is 0 Å². The molecule has 0 fully saturated rings. The fourth-order valence-corrected chi connectivity index (χ4v) is 2.04. The molecule has 0 aliphatic heterocycles. The van der Waals surface area contributed by atoms with Crippen molar-refractivity contribution >= 4 is 5.97 Å². The molecule has 0 amide bonds. The van der Waals surface area contributed by atoms with Gasteiger partial charge in [0.2, 0.25) is 0 Å². The van der Waals surface area contributed by atoms with E-state index in [1.165, 1.54) is 0 Å². The molecule has 0 radical (unpaired) electrons.